The molecule has 0 spiro atoms. The van der Waals surface area contributed by atoms with Gasteiger partial charge in [-0.25, -0.2) is 0 Å². The number of nitrogens with zero attached hydrogens (tertiary/aromatic N) is 2. The van der Waals surface area contributed by atoms with Gasteiger partial charge in [0.25, 0.3) is 0 Å². The molecule has 0 aliphatic heterocycles. The molecular formula is C9H10N2. The van der Waals surface area contributed by atoms with Crippen molar-refractivity contribution in [3.05, 3.63) is 36.2 Å². The predicted octanol–water partition coefficient (Wildman–Crippen LogP) is 2.14. The van der Waals surface area contributed by atoms with Crippen LogP contribution in [-0.4, -0.2) is 11.7 Å². The number of rotatable bonds is 2. The Morgan fingerprint density at radius 2 is 2.45 bits per heavy atom. The summed E-state index contributed by atoms with van der Waals surface area (Å²) in [6, 6.07) is 5.71. The van der Waals surface area contributed by atoms with E-state index in [9.17, 15) is 0 Å². The molecule has 0 N–H and O–H groups in total. The monoisotopic (exact) mass is 146 g/mol. The van der Waals surface area contributed by atoms with Gasteiger partial charge < -0.3 is 0 Å². The van der Waals surface area contributed by atoms with E-state index in [1.165, 1.54) is 0 Å². The molecule has 0 aromatic carbocycles. The first-order valence-corrected chi connectivity index (χ1v) is 3.43. The van der Waals surface area contributed by atoms with E-state index in [1.54, 1.807) is 6.20 Å². The summed E-state index contributed by atoms with van der Waals surface area (Å²) in [5, 5.41) is 0. The molecule has 1 aromatic rings. The lowest BCUT2D eigenvalue weighted by molar-refractivity contribution is 1.25. The molecule has 0 amide bonds. The lowest BCUT2D eigenvalue weighted by Crippen LogP contribution is -1.83. The number of allylic oxidation sites excluding steroid dienone is 1. The minimum absolute atomic E-state index is 0.825. The summed E-state index contributed by atoms with van der Waals surface area (Å²) in [7, 11) is 0. The Labute approximate surface area is 66.3 Å². The lowest BCUT2D eigenvalue weighted by Gasteiger charge is -1.96. The molecule has 11 heavy (non-hydrogen) atoms. The highest BCUT2D eigenvalue weighted by Gasteiger charge is 1.94. The van der Waals surface area contributed by atoms with Gasteiger partial charge in [0.1, 0.15) is 0 Å². The molecule has 0 saturated heterocycles. The minimum atomic E-state index is 0.825. The molecule has 0 aliphatic rings. The number of hydrogen-bond donors (Lipinski definition) is 0. The molecule has 2 nitrogen and oxygen atoms in total. The highest BCUT2D eigenvalue weighted by atomic mass is 14.8. The van der Waals surface area contributed by atoms with Crippen LogP contribution < -0.4 is 0 Å². The van der Waals surface area contributed by atoms with Gasteiger partial charge in [0.05, 0.1) is 11.4 Å². The molecule has 0 saturated carbocycles. The highest BCUT2D eigenvalue weighted by Crippen LogP contribution is 2.10. The second-order valence-corrected chi connectivity index (χ2v) is 2.05. The minimum Gasteiger partial charge on any atom is -0.263 e. The van der Waals surface area contributed by atoms with Gasteiger partial charge in [-0.1, -0.05) is 12.1 Å². The molecule has 1 heterocycles. The molecular weight excluding hydrogens is 136 g/mol. The zero-order chi connectivity index (χ0) is 8.10. The summed E-state index contributed by atoms with van der Waals surface area (Å²) in [6.07, 6.45) is 3.62. The summed E-state index contributed by atoms with van der Waals surface area (Å²) in [4.78, 5) is 7.94. The predicted molar refractivity (Wildman–Crippen MR) is 47.4 cm³/mol. The maximum atomic E-state index is 4.12. The van der Waals surface area contributed by atoms with Crippen LogP contribution in [0.1, 0.15) is 12.6 Å². The molecule has 0 atom stereocenters. The van der Waals surface area contributed by atoms with Gasteiger partial charge >= 0.3 is 0 Å². The Balaban J connectivity index is 3.01. The first-order chi connectivity index (χ1) is 5.38. The fraction of sp³-hybridized carbons (Fsp3) is 0.111. The zero-order valence-electron chi connectivity index (χ0n) is 6.49. The van der Waals surface area contributed by atoms with Gasteiger partial charge in [-0.15, -0.1) is 0 Å². The van der Waals surface area contributed by atoms with Crippen LogP contribution in [0.15, 0.2) is 35.5 Å². The van der Waals surface area contributed by atoms with E-state index in [2.05, 4.69) is 16.7 Å². The van der Waals surface area contributed by atoms with Gasteiger partial charge in [0.2, 0.25) is 0 Å². The van der Waals surface area contributed by atoms with Crippen LogP contribution in [0.3, 0.4) is 0 Å². The Hall–Kier alpha value is -1.44. The Kier molecular flexibility index (Phi) is 2.55. The normalized spacial score (nSPS) is 11.2. The standard InChI is InChI=1S/C9H10N2/c1-3-8(10-2)9-6-4-5-7-11-9/h3-7H,2H2,1H3. The third-order valence-electron chi connectivity index (χ3n) is 1.37. The van der Waals surface area contributed by atoms with Crippen molar-refractivity contribution in [2.24, 2.45) is 4.99 Å². The van der Waals surface area contributed by atoms with E-state index in [0.717, 1.165) is 11.4 Å². The Morgan fingerprint density at radius 1 is 1.64 bits per heavy atom. The largest absolute Gasteiger partial charge is 0.263 e. The van der Waals surface area contributed by atoms with Crippen molar-refractivity contribution in [2.45, 2.75) is 6.92 Å². The van der Waals surface area contributed by atoms with Crippen LogP contribution in [0.5, 0.6) is 0 Å². The molecule has 0 fully saturated rings. The van der Waals surface area contributed by atoms with Gasteiger partial charge in [0, 0.05) is 6.20 Å². The van der Waals surface area contributed by atoms with Crippen molar-refractivity contribution in [2.75, 3.05) is 0 Å². The summed E-state index contributed by atoms with van der Waals surface area (Å²) in [6.45, 7) is 5.37. The molecule has 56 valence electrons. The summed E-state index contributed by atoms with van der Waals surface area (Å²) in [5.74, 6) is 0. The molecule has 0 unspecified atom stereocenters. The highest BCUT2D eigenvalue weighted by molar-refractivity contribution is 5.64. The first kappa shape index (κ1) is 7.66. The van der Waals surface area contributed by atoms with Crippen LogP contribution in [0.2, 0.25) is 0 Å². The van der Waals surface area contributed by atoms with Crippen LogP contribution >= 0.6 is 0 Å². The third-order valence-corrected chi connectivity index (χ3v) is 1.37. The Bertz CT molecular complexity index is 262. The van der Waals surface area contributed by atoms with E-state index in [0.29, 0.717) is 0 Å². The van der Waals surface area contributed by atoms with Crippen LogP contribution in [0.25, 0.3) is 5.70 Å². The average Bonchev–Trinajstić information content (AvgIpc) is 2.09. The molecule has 0 bridgehead atoms. The first-order valence-electron chi connectivity index (χ1n) is 3.43. The van der Waals surface area contributed by atoms with E-state index >= 15 is 0 Å². The van der Waals surface area contributed by atoms with E-state index in [1.807, 2.05) is 31.2 Å². The van der Waals surface area contributed by atoms with Crippen molar-refractivity contribution in [3.63, 3.8) is 0 Å². The van der Waals surface area contributed by atoms with Crippen molar-refractivity contribution in [3.8, 4) is 0 Å². The Morgan fingerprint density at radius 3 is 2.91 bits per heavy atom. The summed E-state index contributed by atoms with van der Waals surface area (Å²) < 4.78 is 0. The molecule has 0 aliphatic carbocycles. The number of pyridine rings is 1. The van der Waals surface area contributed by atoms with E-state index in [-0.39, 0.29) is 0 Å². The van der Waals surface area contributed by atoms with Gasteiger partial charge in [-0.05, 0) is 25.8 Å². The average molecular weight is 146 g/mol. The maximum Gasteiger partial charge on any atom is 0.0882 e. The number of aliphatic imine (C=N–C) groups is 1. The molecule has 1 aromatic heterocycles. The smallest absolute Gasteiger partial charge is 0.0882 e. The van der Waals surface area contributed by atoms with Crippen LogP contribution in [-0.2, 0) is 0 Å². The summed E-state index contributed by atoms with van der Waals surface area (Å²) in [5.41, 5.74) is 1.69. The molecule has 1 rings (SSSR count). The maximum absolute atomic E-state index is 4.12. The van der Waals surface area contributed by atoms with Crippen molar-refractivity contribution in [1.82, 2.24) is 4.98 Å². The third kappa shape index (κ3) is 1.74. The molecule has 0 radical (unpaired) electrons. The van der Waals surface area contributed by atoms with Crippen molar-refractivity contribution in [1.29, 1.82) is 0 Å². The second kappa shape index (κ2) is 3.66. The SMILES string of the molecule is C=NC(=CC)c1ccccn1. The zero-order valence-corrected chi connectivity index (χ0v) is 6.49. The lowest BCUT2D eigenvalue weighted by atomic mass is 10.3. The van der Waals surface area contributed by atoms with E-state index < -0.39 is 0 Å². The summed E-state index contributed by atoms with van der Waals surface area (Å²) >= 11 is 0. The van der Waals surface area contributed by atoms with Gasteiger partial charge in [-0.2, -0.15) is 0 Å². The van der Waals surface area contributed by atoms with Gasteiger partial charge in [-0.3, -0.25) is 9.98 Å². The van der Waals surface area contributed by atoms with Gasteiger partial charge in [0.15, 0.2) is 0 Å². The quantitative estimate of drug-likeness (QED) is 0.587. The number of aromatic nitrogens is 1. The topological polar surface area (TPSA) is 25.2 Å². The number of hydrogen-bond acceptors (Lipinski definition) is 2. The van der Waals surface area contributed by atoms with E-state index in [4.69, 9.17) is 0 Å². The van der Waals surface area contributed by atoms with Crippen molar-refractivity contribution < 1.29 is 0 Å². The van der Waals surface area contributed by atoms with Crippen molar-refractivity contribution >= 4 is 12.4 Å². The van der Waals surface area contributed by atoms with Crippen LogP contribution in [0.4, 0.5) is 0 Å². The fourth-order valence-electron chi connectivity index (χ4n) is 0.834. The fourth-order valence-corrected chi connectivity index (χ4v) is 0.834. The van der Waals surface area contributed by atoms with Crippen LogP contribution in [0, 0.1) is 0 Å². The molecule has 2 heteroatoms. The second-order valence-electron chi connectivity index (χ2n) is 2.05.